The van der Waals surface area contributed by atoms with E-state index < -0.39 is 0 Å². The summed E-state index contributed by atoms with van der Waals surface area (Å²) < 4.78 is 16.4. The second-order valence-electron chi connectivity index (χ2n) is 8.08. The average molecular weight is 441 g/mol. The lowest BCUT2D eigenvalue weighted by Crippen LogP contribution is -2.45. The number of rotatable bonds is 9. The lowest BCUT2D eigenvalue weighted by molar-refractivity contribution is 0.258. The van der Waals surface area contributed by atoms with Gasteiger partial charge in [0.25, 0.3) is 0 Å². The number of nitrogens with zero attached hydrogens (tertiary/aromatic N) is 2. The van der Waals surface area contributed by atoms with Crippen LogP contribution in [-0.2, 0) is 13.0 Å². The maximum atomic E-state index is 5.59. The smallest absolute Gasteiger partial charge is 0.203 e. The number of nitrogens with one attached hydrogen (secondary N) is 2. The van der Waals surface area contributed by atoms with Crippen molar-refractivity contribution in [1.29, 1.82) is 0 Å². The highest BCUT2D eigenvalue weighted by Gasteiger charge is 2.29. The van der Waals surface area contributed by atoms with Gasteiger partial charge in [-0.3, -0.25) is 9.89 Å². The number of hydrogen-bond acceptors (Lipinski definition) is 5. The second kappa shape index (κ2) is 11.6. The number of methoxy groups -OCH3 is 3. The Hall–Kier alpha value is -2.93. The fraction of sp³-hybridized carbons (Fsp3) is 0.480. The predicted molar refractivity (Wildman–Crippen MR) is 129 cm³/mol. The van der Waals surface area contributed by atoms with Crippen LogP contribution in [0.2, 0.25) is 0 Å². The van der Waals surface area contributed by atoms with Crippen molar-refractivity contribution in [2.75, 3.05) is 41.5 Å². The molecule has 1 aliphatic rings. The Morgan fingerprint density at radius 2 is 1.78 bits per heavy atom. The van der Waals surface area contributed by atoms with Crippen LogP contribution >= 0.6 is 0 Å². The minimum absolute atomic E-state index is 0.371. The molecule has 174 valence electrons. The van der Waals surface area contributed by atoms with Crippen LogP contribution in [-0.4, -0.2) is 64.4 Å². The molecule has 1 fully saturated rings. The number of aliphatic imine (C=N–C) groups is 1. The zero-order valence-electron chi connectivity index (χ0n) is 19.9. The first-order chi connectivity index (χ1) is 15.6. The van der Waals surface area contributed by atoms with Crippen molar-refractivity contribution in [2.24, 2.45) is 4.99 Å². The van der Waals surface area contributed by atoms with E-state index >= 15 is 0 Å². The van der Waals surface area contributed by atoms with Gasteiger partial charge in [-0.25, -0.2) is 0 Å². The third-order valence-corrected chi connectivity index (χ3v) is 5.97. The molecule has 0 bridgehead atoms. The zero-order valence-corrected chi connectivity index (χ0v) is 19.9. The predicted octanol–water partition coefficient (Wildman–Crippen LogP) is 3.08. The van der Waals surface area contributed by atoms with Gasteiger partial charge in [-0.05, 0) is 31.4 Å². The number of likely N-dealkylation sites (tertiary alicyclic amines) is 1. The van der Waals surface area contributed by atoms with E-state index in [1.807, 2.05) is 19.2 Å². The molecule has 1 aliphatic heterocycles. The molecule has 2 unspecified atom stereocenters. The highest BCUT2D eigenvalue weighted by molar-refractivity contribution is 5.80. The summed E-state index contributed by atoms with van der Waals surface area (Å²) in [7, 11) is 6.71. The highest BCUT2D eigenvalue weighted by atomic mass is 16.5. The molecule has 2 aromatic rings. The maximum Gasteiger partial charge on any atom is 0.203 e. The Morgan fingerprint density at radius 3 is 2.44 bits per heavy atom. The van der Waals surface area contributed by atoms with E-state index in [1.54, 1.807) is 21.3 Å². The van der Waals surface area contributed by atoms with Crippen LogP contribution in [0.1, 0.15) is 24.5 Å². The Kier molecular flexibility index (Phi) is 8.62. The molecule has 2 atom stereocenters. The van der Waals surface area contributed by atoms with Crippen LogP contribution in [0.3, 0.4) is 0 Å². The van der Waals surface area contributed by atoms with Gasteiger partial charge >= 0.3 is 0 Å². The third-order valence-electron chi connectivity index (χ3n) is 5.97. The Balaban J connectivity index is 1.53. The molecule has 0 aliphatic carbocycles. The van der Waals surface area contributed by atoms with Crippen molar-refractivity contribution in [3.63, 3.8) is 0 Å². The van der Waals surface area contributed by atoms with Gasteiger partial charge in [0.15, 0.2) is 17.5 Å². The lowest BCUT2D eigenvalue weighted by Gasteiger charge is -2.21. The number of hydrogen-bond donors (Lipinski definition) is 2. The maximum absolute atomic E-state index is 5.59. The van der Waals surface area contributed by atoms with E-state index in [-0.39, 0.29) is 0 Å². The van der Waals surface area contributed by atoms with Crippen LogP contribution < -0.4 is 24.8 Å². The summed E-state index contributed by atoms with van der Waals surface area (Å²) in [5, 5.41) is 7.02. The number of ether oxygens (including phenoxy) is 3. The van der Waals surface area contributed by atoms with Crippen molar-refractivity contribution in [1.82, 2.24) is 15.5 Å². The molecule has 1 saturated heterocycles. The van der Waals surface area contributed by atoms with E-state index in [4.69, 9.17) is 14.2 Å². The number of guanidine groups is 1. The normalized spacial score (nSPS) is 19.0. The van der Waals surface area contributed by atoms with Crippen LogP contribution in [0, 0.1) is 0 Å². The fourth-order valence-corrected chi connectivity index (χ4v) is 4.30. The molecule has 1 heterocycles. The van der Waals surface area contributed by atoms with Gasteiger partial charge in [-0.2, -0.15) is 0 Å². The largest absolute Gasteiger partial charge is 0.493 e. The van der Waals surface area contributed by atoms with Crippen molar-refractivity contribution < 1.29 is 14.2 Å². The molecule has 32 heavy (non-hydrogen) atoms. The van der Waals surface area contributed by atoms with Gasteiger partial charge in [-0.15, -0.1) is 0 Å². The first kappa shape index (κ1) is 23.7. The van der Waals surface area contributed by atoms with E-state index in [0.717, 1.165) is 44.0 Å². The second-order valence-corrected chi connectivity index (χ2v) is 8.08. The lowest BCUT2D eigenvalue weighted by atomic mass is 10.1. The van der Waals surface area contributed by atoms with Crippen LogP contribution in [0.25, 0.3) is 0 Å². The third kappa shape index (κ3) is 5.85. The van der Waals surface area contributed by atoms with Crippen LogP contribution in [0.15, 0.2) is 47.5 Å². The molecule has 7 nitrogen and oxygen atoms in total. The molecule has 2 aromatic carbocycles. The van der Waals surface area contributed by atoms with Crippen LogP contribution in [0.4, 0.5) is 0 Å². The molecule has 0 radical (unpaired) electrons. The Morgan fingerprint density at radius 1 is 1.03 bits per heavy atom. The molecule has 0 saturated carbocycles. The molecule has 2 N–H and O–H groups in total. The minimum atomic E-state index is 0.371. The van der Waals surface area contributed by atoms with Gasteiger partial charge < -0.3 is 24.8 Å². The summed E-state index contributed by atoms with van der Waals surface area (Å²) in [6, 6.07) is 15.5. The molecule has 7 heteroatoms. The van der Waals surface area contributed by atoms with Crippen LogP contribution in [0.5, 0.6) is 17.2 Å². The first-order valence-corrected chi connectivity index (χ1v) is 11.1. The van der Waals surface area contributed by atoms with E-state index in [2.05, 4.69) is 57.8 Å². The summed E-state index contributed by atoms with van der Waals surface area (Å²) >= 11 is 0. The fourth-order valence-electron chi connectivity index (χ4n) is 4.30. The van der Waals surface area contributed by atoms with Crippen molar-refractivity contribution in [3.8, 4) is 17.2 Å². The molecule has 0 aromatic heterocycles. The van der Waals surface area contributed by atoms with Gasteiger partial charge in [0, 0.05) is 44.3 Å². The molecular formula is C25H36N4O3. The molecular weight excluding hydrogens is 404 g/mol. The quantitative estimate of drug-likeness (QED) is 0.461. The Bertz CT molecular complexity index is 888. The summed E-state index contributed by atoms with van der Waals surface area (Å²) in [4.78, 5) is 6.94. The standard InChI is InChI=1S/C25H36N4O3/c1-18-15-21(17-29(18)16-19-9-7-6-8-10-19)28-25(26-2)27-14-13-20-11-12-22(30-3)24(32-5)23(20)31-4/h6-12,18,21H,13-17H2,1-5H3,(H2,26,27,28). The highest BCUT2D eigenvalue weighted by Crippen LogP contribution is 2.39. The van der Waals surface area contributed by atoms with E-state index in [1.165, 1.54) is 5.56 Å². The SMILES string of the molecule is CN=C(NCCc1ccc(OC)c(OC)c1OC)NC1CC(C)N(Cc2ccccc2)C1. The average Bonchev–Trinajstić information content (AvgIpc) is 3.16. The summed E-state index contributed by atoms with van der Waals surface area (Å²) in [5.74, 6) is 2.81. The monoisotopic (exact) mass is 440 g/mol. The molecule has 3 rings (SSSR count). The summed E-state index contributed by atoms with van der Waals surface area (Å²) in [5.41, 5.74) is 2.41. The minimum Gasteiger partial charge on any atom is -0.493 e. The van der Waals surface area contributed by atoms with Gasteiger partial charge in [-0.1, -0.05) is 36.4 Å². The summed E-state index contributed by atoms with van der Waals surface area (Å²) in [6.45, 7) is 5.00. The van der Waals surface area contributed by atoms with Crippen molar-refractivity contribution in [2.45, 2.75) is 38.4 Å². The summed E-state index contributed by atoms with van der Waals surface area (Å²) in [6.07, 6.45) is 1.86. The first-order valence-electron chi connectivity index (χ1n) is 11.1. The van der Waals surface area contributed by atoms with Crippen molar-refractivity contribution in [3.05, 3.63) is 53.6 Å². The Labute approximate surface area is 191 Å². The van der Waals surface area contributed by atoms with Gasteiger partial charge in [0.05, 0.1) is 21.3 Å². The number of benzene rings is 2. The molecule has 0 amide bonds. The molecule has 0 spiro atoms. The van der Waals surface area contributed by atoms with E-state index in [9.17, 15) is 0 Å². The van der Waals surface area contributed by atoms with Gasteiger partial charge in [0.1, 0.15) is 0 Å². The van der Waals surface area contributed by atoms with E-state index in [0.29, 0.717) is 29.3 Å². The van der Waals surface area contributed by atoms with Crippen molar-refractivity contribution >= 4 is 5.96 Å². The van der Waals surface area contributed by atoms with Gasteiger partial charge in [0.2, 0.25) is 5.75 Å². The zero-order chi connectivity index (χ0) is 22.9. The topological polar surface area (TPSA) is 67.4 Å².